The average Bonchev–Trinajstić information content (AvgIpc) is 3.64. The van der Waals surface area contributed by atoms with Crippen molar-refractivity contribution in [2.24, 2.45) is 0 Å². The number of aryl methyl sites for hydroxylation is 1. The van der Waals surface area contributed by atoms with Crippen LogP contribution in [-0.4, -0.2) is 48.5 Å². The van der Waals surface area contributed by atoms with Crippen LogP contribution in [0.2, 0.25) is 5.02 Å². The summed E-state index contributed by atoms with van der Waals surface area (Å²) in [5.41, 5.74) is 2.06. The first-order valence-corrected chi connectivity index (χ1v) is 14.5. The number of rotatable bonds is 9. The number of hydrogen-bond acceptors (Lipinski definition) is 7. The lowest BCUT2D eigenvalue weighted by Gasteiger charge is -2.20. The summed E-state index contributed by atoms with van der Waals surface area (Å²) in [7, 11) is -2.26. The number of sulfonamides is 1. The van der Waals surface area contributed by atoms with Gasteiger partial charge in [0.05, 0.1) is 23.4 Å². The van der Waals surface area contributed by atoms with Crippen molar-refractivity contribution in [1.29, 1.82) is 0 Å². The molecule has 0 bridgehead atoms. The molecule has 0 unspecified atom stereocenters. The minimum absolute atomic E-state index is 0.0303. The number of anilines is 2. The van der Waals surface area contributed by atoms with Crippen LogP contribution in [0.1, 0.15) is 18.4 Å². The number of methoxy groups -OCH3 is 1. The predicted molar refractivity (Wildman–Crippen MR) is 145 cm³/mol. The third kappa shape index (κ3) is 5.48. The third-order valence-corrected chi connectivity index (χ3v) is 8.37. The van der Waals surface area contributed by atoms with Crippen molar-refractivity contribution < 1.29 is 17.9 Å². The monoisotopic (exact) mass is 557 g/mol. The number of halogens is 1. The highest BCUT2D eigenvalue weighted by Gasteiger charge is 2.26. The maximum atomic E-state index is 13.1. The lowest BCUT2D eigenvalue weighted by molar-refractivity contribution is -0.117. The largest absolute Gasteiger partial charge is 0.495 e. The van der Waals surface area contributed by atoms with E-state index in [1.165, 1.54) is 18.4 Å². The molecule has 1 fully saturated rings. The molecule has 1 N–H and O–H groups in total. The summed E-state index contributed by atoms with van der Waals surface area (Å²) >= 11 is 7.39. The molecule has 37 heavy (non-hydrogen) atoms. The Morgan fingerprint density at radius 3 is 2.62 bits per heavy atom. The Morgan fingerprint density at radius 1 is 1.14 bits per heavy atom. The normalized spacial score (nSPS) is 13.8. The highest BCUT2D eigenvalue weighted by molar-refractivity contribution is 7.92. The molecule has 2 aromatic heterocycles. The van der Waals surface area contributed by atoms with Gasteiger partial charge in [-0.2, -0.15) is 0 Å². The molecular weight excluding hydrogens is 534 g/mol. The summed E-state index contributed by atoms with van der Waals surface area (Å²) in [4.78, 5) is 14.9. The fraction of sp³-hybridized carbons (Fsp3) is 0.240. The van der Waals surface area contributed by atoms with Gasteiger partial charge in [-0.25, -0.2) is 8.42 Å². The van der Waals surface area contributed by atoms with Gasteiger partial charge in [-0.3, -0.25) is 14.1 Å². The summed E-state index contributed by atoms with van der Waals surface area (Å²) in [6, 6.07) is 16.2. The third-order valence-electron chi connectivity index (χ3n) is 6.01. The van der Waals surface area contributed by atoms with Crippen LogP contribution in [0.5, 0.6) is 5.75 Å². The van der Waals surface area contributed by atoms with E-state index < -0.39 is 10.0 Å². The molecule has 2 aromatic carbocycles. The number of amides is 1. The van der Waals surface area contributed by atoms with Gasteiger partial charge in [-0.1, -0.05) is 29.8 Å². The SMILES string of the molecule is COc1ccc(N2CCCC2=O)cc1-n1c(NS(=O)(=O)CCc2ccc(Cl)cc2)nnc1-c1cccs1. The molecule has 5 rings (SSSR count). The second-order valence-corrected chi connectivity index (χ2v) is 11.7. The Morgan fingerprint density at radius 2 is 1.95 bits per heavy atom. The quantitative estimate of drug-likeness (QED) is 0.318. The number of nitrogens with zero attached hydrogens (tertiary/aromatic N) is 4. The fourth-order valence-electron chi connectivity index (χ4n) is 4.18. The van der Waals surface area contributed by atoms with Gasteiger partial charge in [0, 0.05) is 23.7 Å². The molecule has 1 aliphatic heterocycles. The zero-order valence-corrected chi connectivity index (χ0v) is 22.3. The molecule has 4 aromatic rings. The van der Waals surface area contributed by atoms with Gasteiger partial charge < -0.3 is 9.64 Å². The molecule has 0 aliphatic carbocycles. The van der Waals surface area contributed by atoms with Crippen LogP contribution in [0.15, 0.2) is 60.0 Å². The van der Waals surface area contributed by atoms with Crippen molar-refractivity contribution in [2.75, 3.05) is 29.0 Å². The summed E-state index contributed by atoms with van der Waals surface area (Å²) < 4.78 is 36.0. The lowest BCUT2D eigenvalue weighted by atomic mass is 10.2. The van der Waals surface area contributed by atoms with Gasteiger partial charge >= 0.3 is 0 Å². The number of carbonyl (C=O) groups is 1. The van der Waals surface area contributed by atoms with Crippen LogP contribution in [-0.2, 0) is 21.2 Å². The van der Waals surface area contributed by atoms with Crippen LogP contribution in [0.3, 0.4) is 0 Å². The first-order valence-electron chi connectivity index (χ1n) is 11.6. The van der Waals surface area contributed by atoms with Crippen molar-refractivity contribution in [2.45, 2.75) is 19.3 Å². The minimum Gasteiger partial charge on any atom is -0.495 e. The second kappa shape index (κ2) is 10.5. The van der Waals surface area contributed by atoms with Crippen LogP contribution in [0.25, 0.3) is 16.4 Å². The summed E-state index contributed by atoms with van der Waals surface area (Å²) in [5.74, 6) is 0.849. The Kier molecular flexibility index (Phi) is 7.18. The topological polar surface area (TPSA) is 106 Å². The van der Waals surface area contributed by atoms with Crippen LogP contribution in [0, 0.1) is 0 Å². The first-order chi connectivity index (χ1) is 17.8. The smallest absolute Gasteiger partial charge is 0.243 e. The van der Waals surface area contributed by atoms with Gasteiger partial charge in [0.25, 0.3) is 0 Å². The molecule has 1 saturated heterocycles. The Labute approximate surface area is 223 Å². The molecule has 0 atom stereocenters. The molecule has 1 aliphatic rings. The second-order valence-electron chi connectivity index (χ2n) is 8.46. The zero-order valence-electron chi connectivity index (χ0n) is 19.9. The maximum absolute atomic E-state index is 13.1. The van der Waals surface area contributed by atoms with Gasteiger partial charge in [0.15, 0.2) is 5.82 Å². The Bertz CT molecular complexity index is 1520. The van der Waals surface area contributed by atoms with Gasteiger partial charge in [0.2, 0.25) is 21.9 Å². The Balaban J connectivity index is 1.53. The van der Waals surface area contributed by atoms with Crippen LogP contribution >= 0.6 is 22.9 Å². The number of ether oxygens (including phenoxy) is 1. The Hall–Kier alpha value is -3.41. The zero-order chi connectivity index (χ0) is 26.0. The van der Waals surface area contributed by atoms with Crippen molar-refractivity contribution in [1.82, 2.24) is 14.8 Å². The van der Waals surface area contributed by atoms with E-state index in [0.29, 0.717) is 47.4 Å². The van der Waals surface area contributed by atoms with Gasteiger partial charge in [-0.05, 0) is 60.2 Å². The first kappa shape index (κ1) is 25.2. The molecule has 0 radical (unpaired) electrons. The molecule has 1 amide bonds. The minimum atomic E-state index is -3.79. The number of benzene rings is 2. The molecule has 3 heterocycles. The van der Waals surface area contributed by atoms with E-state index in [2.05, 4.69) is 14.9 Å². The summed E-state index contributed by atoms with van der Waals surface area (Å²) in [6.07, 6.45) is 1.58. The highest BCUT2D eigenvalue weighted by Crippen LogP contribution is 2.36. The average molecular weight is 558 g/mol. The van der Waals surface area contributed by atoms with Gasteiger partial charge in [0.1, 0.15) is 5.75 Å². The fourth-order valence-corrected chi connectivity index (χ4v) is 6.02. The van der Waals surface area contributed by atoms with Crippen LogP contribution < -0.4 is 14.4 Å². The number of nitrogens with one attached hydrogen (secondary N) is 1. The van der Waals surface area contributed by atoms with E-state index in [4.69, 9.17) is 16.3 Å². The van der Waals surface area contributed by atoms with Gasteiger partial charge in [-0.15, -0.1) is 21.5 Å². The van der Waals surface area contributed by atoms with E-state index in [9.17, 15) is 13.2 Å². The van der Waals surface area contributed by atoms with E-state index in [0.717, 1.165) is 16.9 Å². The lowest BCUT2D eigenvalue weighted by Crippen LogP contribution is -2.24. The predicted octanol–water partition coefficient (Wildman–Crippen LogP) is 4.77. The van der Waals surface area contributed by atoms with E-state index in [1.54, 1.807) is 45.9 Å². The molecule has 0 saturated carbocycles. The maximum Gasteiger partial charge on any atom is 0.243 e. The molecule has 12 heteroatoms. The van der Waals surface area contributed by atoms with E-state index in [1.807, 2.05) is 23.6 Å². The number of thiophene rings is 1. The van der Waals surface area contributed by atoms with Crippen molar-refractivity contribution in [3.63, 3.8) is 0 Å². The molecule has 192 valence electrons. The summed E-state index contributed by atoms with van der Waals surface area (Å²) in [6.45, 7) is 0.620. The number of aromatic nitrogens is 3. The highest BCUT2D eigenvalue weighted by atomic mass is 35.5. The number of carbonyl (C=O) groups excluding carboxylic acids is 1. The number of hydrogen-bond donors (Lipinski definition) is 1. The van der Waals surface area contributed by atoms with Crippen molar-refractivity contribution >= 4 is 50.5 Å². The molecule has 0 spiro atoms. The van der Waals surface area contributed by atoms with E-state index >= 15 is 0 Å². The summed E-state index contributed by atoms with van der Waals surface area (Å²) in [5, 5.41) is 11.0. The molecule has 9 nitrogen and oxygen atoms in total. The van der Waals surface area contributed by atoms with Crippen LogP contribution in [0.4, 0.5) is 11.6 Å². The standard InChI is InChI=1S/C25H24ClN5O4S2/c1-35-21-11-10-19(30-13-2-5-23(30)32)16-20(21)31-24(22-4-3-14-36-22)27-28-25(31)29-37(33,34)15-12-17-6-8-18(26)9-7-17/h3-4,6-11,14,16H,2,5,12-13,15H2,1H3,(H,28,29). The van der Waals surface area contributed by atoms with E-state index in [-0.39, 0.29) is 17.6 Å². The van der Waals surface area contributed by atoms with Crippen molar-refractivity contribution in [3.8, 4) is 22.1 Å². The molecular formula is C25H24ClN5O4S2. The van der Waals surface area contributed by atoms with Crippen molar-refractivity contribution in [3.05, 3.63) is 70.6 Å².